The van der Waals surface area contributed by atoms with E-state index in [2.05, 4.69) is 48.3 Å². The monoisotopic (exact) mass is 232 g/mol. The zero-order valence-corrected chi connectivity index (χ0v) is 11.1. The Morgan fingerprint density at radius 1 is 1.18 bits per heavy atom. The summed E-state index contributed by atoms with van der Waals surface area (Å²) in [5.41, 5.74) is 2.64. The average molecular weight is 232 g/mol. The molecule has 1 fully saturated rings. The molecule has 2 heteroatoms. The Morgan fingerprint density at radius 2 is 1.88 bits per heavy atom. The largest absolute Gasteiger partial charge is 0.382 e. The van der Waals surface area contributed by atoms with Crippen LogP contribution in [0.15, 0.2) is 24.3 Å². The normalized spacial score (nSPS) is 15.6. The van der Waals surface area contributed by atoms with E-state index in [1.807, 2.05) is 0 Å². The van der Waals surface area contributed by atoms with E-state index in [0.29, 0.717) is 6.04 Å². The Morgan fingerprint density at radius 3 is 2.53 bits per heavy atom. The van der Waals surface area contributed by atoms with Gasteiger partial charge in [-0.25, -0.2) is 0 Å². The first-order valence-corrected chi connectivity index (χ1v) is 6.95. The molecule has 0 aromatic heterocycles. The Hall–Kier alpha value is -1.18. The van der Waals surface area contributed by atoms with Crippen molar-refractivity contribution in [2.24, 2.45) is 0 Å². The van der Waals surface area contributed by atoms with E-state index in [1.54, 1.807) is 0 Å². The molecule has 1 aliphatic heterocycles. The van der Waals surface area contributed by atoms with Crippen LogP contribution in [0.5, 0.6) is 0 Å². The molecule has 2 rings (SSSR count). The van der Waals surface area contributed by atoms with Crippen LogP contribution in [0.25, 0.3) is 0 Å². The maximum atomic E-state index is 3.62. The Labute approximate surface area is 105 Å². The SMILES string of the molecule is CCC(CC)Nc1cccc(N2CCCC2)c1. The van der Waals surface area contributed by atoms with E-state index in [1.165, 1.54) is 50.1 Å². The summed E-state index contributed by atoms with van der Waals surface area (Å²) in [7, 11) is 0. The number of hydrogen-bond acceptors (Lipinski definition) is 2. The number of anilines is 2. The summed E-state index contributed by atoms with van der Waals surface area (Å²) in [6.45, 7) is 6.92. The predicted octanol–water partition coefficient (Wildman–Crippen LogP) is 3.89. The van der Waals surface area contributed by atoms with Gasteiger partial charge in [-0.05, 0) is 43.9 Å². The zero-order valence-electron chi connectivity index (χ0n) is 11.1. The summed E-state index contributed by atoms with van der Waals surface area (Å²) >= 11 is 0. The van der Waals surface area contributed by atoms with Crippen LogP contribution < -0.4 is 10.2 Å². The lowest BCUT2D eigenvalue weighted by Crippen LogP contribution is -2.19. The van der Waals surface area contributed by atoms with Crippen molar-refractivity contribution >= 4 is 11.4 Å². The van der Waals surface area contributed by atoms with E-state index < -0.39 is 0 Å². The molecule has 0 radical (unpaired) electrons. The Kier molecular flexibility index (Phi) is 4.29. The van der Waals surface area contributed by atoms with Crippen LogP contribution in [-0.4, -0.2) is 19.1 Å². The molecule has 1 saturated heterocycles. The summed E-state index contributed by atoms with van der Waals surface area (Å²) < 4.78 is 0. The van der Waals surface area contributed by atoms with E-state index in [0.717, 1.165) is 0 Å². The molecule has 1 N–H and O–H groups in total. The summed E-state index contributed by atoms with van der Waals surface area (Å²) in [5, 5.41) is 3.62. The summed E-state index contributed by atoms with van der Waals surface area (Å²) in [6, 6.07) is 9.47. The van der Waals surface area contributed by atoms with Gasteiger partial charge in [-0.3, -0.25) is 0 Å². The molecular formula is C15H24N2. The highest BCUT2D eigenvalue weighted by Gasteiger charge is 2.12. The first-order valence-electron chi connectivity index (χ1n) is 6.95. The highest BCUT2D eigenvalue weighted by Crippen LogP contribution is 2.24. The third-order valence-electron chi connectivity index (χ3n) is 3.67. The van der Waals surface area contributed by atoms with Gasteiger partial charge < -0.3 is 10.2 Å². The second-order valence-corrected chi connectivity index (χ2v) is 4.90. The third-order valence-corrected chi connectivity index (χ3v) is 3.67. The highest BCUT2D eigenvalue weighted by molar-refractivity contribution is 5.58. The Bertz CT molecular complexity index is 339. The van der Waals surface area contributed by atoms with Crippen LogP contribution in [-0.2, 0) is 0 Å². The predicted molar refractivity (Wildman–Crippen MR) is 75.9 cm³/mol. The van der Waals surface area contributed by atoms with E-state index in [4.69, 9.17) is 0 Å². The smallest absolute Gasteiger partial charge is 0.0386 e. The second kappa shape index (κ2) is 5.95. The molecule has 0 aliphatic carbocycles. The van der Waals surface area contributed by atoms with Crippen molar-refractivity contribution in [3.63, 3.8) is 0 Å². The third kappa shape index (κ3) is 3.15. The lowest BCUT2D eigenvalue weighted by Gasteiger charge is -2.21. The average Bonchev–Trinajstić information content (AvgIpc) is 2.90. The lowest BCUT2D eigenvalue weighted by molar-refractivity contribution is 0.672. The summed E-state index contributed by atoms with van der Waals surface area (Å²) in [6.07, 6.45) is 5.04. The maximum Gasteiger partial charge on any atom is 0.0386 e. The Balaban J connectivity index is 2.05. The van der Waals surface area contributed by atoms with Crippen LogP contribution in [0.2, 0.25) is 0 Å². The van der Waals surface area contributed by atoms with Gasteiger partial charge in [0.2, 0.25) is 0 Å². The molecule has 0 unspecified atom stereocenters. The van der Waals surface area contributed by atoms with Crippen LogP contribution in [0.1, 0.15) is 39.5 Å². The van der Waals surface area contributed by atoms with E-state index in [9.17, 15) is 0 Å². The topological polar surface area (TPSA) is 15.3 Å². The molecular weight excluding hydrogens is 208 g/mol. The van der Waals surface area contributed by atoms with Crippen molar-refractivity contribution in [3.05, 3.63) is 24.3 Å². The molecule has 0 bridgehead atoms. The fourth-order valence-electron chi connectivity index (χ4n) is 2.50. The lowest BCUT2D eigenvalue weighted by atomic mass is 10.1. The van der Waals surface area contributed by atoms with Gasteiger partial charge in [0, 0.05) is 30.5 Å². The standard InChI is InChI=1S/C15H24N2/c1-3-13(4-2)16-14-8-7-9-15(12-14)17-10-5-6-11-17/h7-9,12-13,16H,3-6,10-11H2,1-2H3. The maximum absolute atomic E-state index is 3.62. The van der Waals surface area contributed by atoms with Crippen LogP contribution in [0.3, 0.4) is 0 Å². The number of benzene rings is 1. The van der Waals surface area contributed by atoms with Gasteiger partial charge in [0.15, 0.2) is 0 Å². The first-order chi connectivity index (χ1) is 8.33. The molecule has 1 aromatic carbocycles. The molecule has 1 heterocycles. The highest BCUT2D eigenvalue weighted by atomic mass is 15.1. The molecule has 0 saturated carbocycles. The molecule has 2 nitrogen and oxygen atoms in total. The fourth-order valence-corrected chi connectivity index (χ4v) is 2.50. The fraction of sp³-hybridized carbons (Fsp3) is 0.600. The van der Waals surface area contributed by atoms with Crippen molar-refractivity contribution in [2.75, 3.05) is 23.3 Å². The van der Waals surface area contributed by atoms with Crippen molar-refractivity contribution in [1.29, 1.82) is 0 Å². The number of nitrogens with zero attached hydrogens (tertiary/aromatic N) is 1. The van der Waals surface area contributed by atoms with E-state index in [-0.39, 0.29) is 0 Å². The van der Waals surface area contributed by atoms with Gasteiger partial charge in [0.05, 0.1) is 0 Å². The van der Waals surface area contributed by atoms with Gasteiger partial charge in [-0.2, -0.15) is 0 Å². The quantitative estimate of drug-likeness (QED) is 0.828. The van der Waals surface area contributed by atoms with Gasteiger partial charge in [-0.15, -0.1) is 0 Å². The zero-order chi connectivity index (χ0) is 12.1. The summed E-state index contributed by atoms with van der Waals surface area (Å²) in [5.74, 6) is 0. The van der Waals surface area contributed by atoms with Gasteiger partial charge in [0.1, 0.15) is 0 Å². The molecule has 1 aliphatic rings. The number of rotatable bonds is 5. The molecule has 0 spiro atoms. The van der Waals surface area contributed by atoms with Crippen LogP contribution in [0.4, 0.5) is 11.4 Å². The summed E-state index contributed by atoms with van der Waals surface area (Å²) in [4.78, 5) is 2.48. The number of nitrogens with one attached hydrogen (secondary N) is 1. The minimum absolute atomic E-state index is 0.601. The molecule has 0 atom stereocenters. The van der Waals surface area contributed by atoms with Crippen LogP contribution >= 0.6 is 0 Å². The molecule has 17 heavy (non-hydrogen) atoms. The van der Waals surface area contributed by atoms with Crippen molar-refractivity contribution in [2.45, 2.75) is 45.6 Å². The van der Waals surface area contributed by atoms with E-state index >= 15 is 0 Å². The van der Waals surface area contributed by atoms with Gasteiger partial charge in [0.25, 0.3) is 0 Å². The molecule has 1 aromatic rings. The van der Waals surface area contributed by atoms with Gasteiger partial charge >= 0.3 is 0 Å². The molecule has 0 amide bonds. The minimum Gasteiger partial charge on any atom is -0.382 e. The molecule has 94 valence electrons. The van der Waals surface area contributed by atoms with Crippen LogP contribution in [0, 0.1) is 0 Å². The van der Waals surface area contributed by atoms with Gasteiger partial charge in [-0.1, -0.05) is 19.9 Å². The number of hydrogen-bond donors (Lipinski definition) is 1. The first kappa shape index (κ1) is 12.3. The minimum atomic E-state index is 0.601. The van der Waals surface area contributed by atoms with Crippen molar-refractivity contribution < 1.29 is 0 Å². The van der Waals surface area contributed by atoms with Crippen molar-refractivity contribution in [1.82, 2.24) is 0 Å². The second-order valence-electron chi connectivity index (χ2n) is 4.90. The van der Waals surface area contributed by atoms with Crippen molar-refractivity contribution in [3.8, 4) is 0 Å².